The predicted octanol–water partition coefficient (Wildman–Crippen LogP) is 3.90. The quantitative estimate of drug-likeness (QED) is 0.526. The molecular formula is C20H21N5OS. The normalized spacial score (nSPS) is 15.6. The lowest BCUT2D eigenvalue weighted by atomic mass is 10.1. The highest BCUT2D eigenvalue weighted by atomic mass is 32.1. The molecule has 5 rings (SSSR count). The lowest BCUT2D eigenvalue weighted by molar-refractivity contribution is 0.214. The highest BCUT2D eigenvalue weighted by Crippen LogP contribution is 2.26. The van der Waals surface area contributed by atoms with Gasteiger partial charge in [-0.15, -0.1) is 10.2 Å². The van der Waals surface area contributed by atoms with Crippen LogP contribution in [0.4, 0.5) is 0 Å². The van der Waals surface area contributed by atoms with Gasteiger partial charge in [0.2, 0.25) is 4.96 Å². The first kappa shape index (κ1) is 16.6. The number of hydrogen-bond donors (Lipinski definition) is 0. The van der Waals surface area contributed by atoms with Crippen molar-refractivity contribution in [3.8, 4) is 5.75 Å². The van der Waals surface area contributed by atoms with E-state index in [-0.39, 0.29) is 0 Å². The number of rotatable bonds is 5. The topological polar surface area (TPSA) is 55.6 Å². The van der Waals surface area contributed by atoms with Crippen molar-refractivity contribution in [3.05, 3.63) is 53.3 Å². The molecule has 0 saturated carbocycles. The fraction of sp³-hybridized carbons (Fsp3) is 0.350. The van der Waals surface area contributed by atoms with Gasteiger partial charge in [-0.3, -0.25) is 4.90 Å². The van der Waals surface area contributed by atoms with Gasteiger partial charge in [-0.05, 0) is 37.4 Å². The van der Waals surface area contributed by atoms with Crippen LogP contribution in [-0.4, -0.2) is 37.8 Å². The van der Waals surface area contributed by atoms with E-state index < -0.39 is 0 Å². The third kappa shape index (κ3) is 3.40. The molecule has 2 aromatic carbocycles. The van der Waals surface area contributed by atoms with Gasteiger partial charge in [0.25, 0.3) is 0 Å². The molecule has 27 heavy (non-hydrogen) atoms. The first-order chi connectivity index (χ1) is 13.4. The first-order valence-electron chi connectivity index (χ1n) is 9.40. The van der Waals surface area contributed by atoms with Crippen molar-refractivity contribution in [1.82, 2.24) is 24.7 Å². The Balaban J connectivity index is 1.33. The van der Waals surface area contributed by atoms with Gasteiger partial charge in [-0.1, -0.05) is 54.2 Å². The Kier molecular flexibility index (Phi) is 4.47. The molecule has 1 aliphatic rings. The molecule has 138 valence electrons. The van der Waals surface area contributed by atoms with Crippen molar-refractivity contribution in [2.24, 2.45) is 0 Å². The summed E-state index contributed by atoms with van der Waals surface area (Å²) in [6, 6.07) is 14.4. The largest absolute Gasteiger partial charge is 0.486 e. The van der Waals surface area contributed by atoms with Crippen LogP contribution in [0.15, 0.2) is 42.5 Å². The molecule has 1 aliphatic heterocycles. The SMILES string of the molecule is c1ccc2c(OCc3nn4c(CN5CCCCC5)nnc4s3)cccc2c1. The third-order valence-corrected chi connectivity index (χ3v) is 5.88. The van der Waals surface area contributed by atoms with Crippen LogP contribution in [0.5, 0.6) is 5.75 Å². The summed E-state index contributed by atoms with van der Waals surface area (Å²) in [5, 5.41) is 16.5. The van der Waals surface area contributed by atoms with Crippen LogP contribution in [0, 0.1) is 0 Å². The zero-order valence-electron chi connectivity index (χ0n) is 15.0. The number of nitrogens with zero attached hydrogens (tertiary/aromatic N) is 5. The number of benzene rings is 2. The van der Waals surface area contributed by atoms with E-state index in [2.05, 4.69) is 33.3 Å². The van der Waals surface area contributed by atoms with E-state index in [0.29, 0.717) is 6.61 Å². The van der Waals surface area contributed by atoms with E-state index in [1.54, 1.807) is 0 Å². The van der Waals surface area contributed by atoms with Gasteiger partial charge in [0.15, 0.2) is 10.8 Å². The molecule has 0 atom stereocenters. The fourth-order valence-electron chi connectivity index (χ4n) is 3.63. The molecule has 0 radical (unpaired) electrons. The predicted molar refractivity (Wildman–Crippen MR) is 106 cm³/mol. The monoisotopic (exact) mass is 379 g/mol. The zero-order chi connectivity index (χ0) is 18.1. The van der Waals surface area contributed by atoms with Crippen LogP contribution in [0.3, 0.4) is 0 Å². The van der Waals surface area contributed by atoms with E-state index in [1.807, 2.05) is 28.8 Å². The van der Waals surface area contributed by atoms with Crippen molar-refractivity contribution >= 4 is 27.1 Å². The second-order valence-electron chi connectivity index (χ2n) is 6.91. The average molecular weight is 379 g/mol. The summed E-state index contributed by atoms with van der Waals surface area (Å²) < 4.78 is 7.95. The molecule has 2 aromatic heterocycles. The summed E-state index contributed by atoms with van der Waals surface area (Å²) in [5.41, 5.74) is 0. The van der Waals surface area contributed by atoms with Gasteiger partial charge in [0.05, 0.1) is 6.54 Å². The number of piperidine rings is 1. The van der Waals surface area contributed by atoms with Gasteiger partial charge in [-0.2, -0.15) is 9.61 Å². The number of likely N-dealkylation sites (tertiary alicyclic amines) is 1. The van der Waals surface area contributed by atoms with Crippen LogP contribution in [0.1, 0.15) is 30.1 Å². The lowest BCUT2D eigenvalue weighted by Gasteiger charge is -2.25. The van der Waals surface area contributed by atoms with Gasteiger partial charge in [0, 0.05) is 5.39 Å². The van der Waals surface area contributed by atoms with E-state index >= 15 is 0 Å². The molecule has 0 bridgehead atoms. The maximum Gasteiger partial charge on any atom is 0.234 e. The van der Waals surface area contributed by atoms with Crippen LogP contribution in [-0.2, 0) is 13.2 Å². The maximum atomic E-state index is 6.07. The molecule has 1 fully saturated rings. The number of aromatic nitrogens is 4. The minimum atomic E-state index is 0.436. The highest BCUT2D eigenvalue weighted by molar-refractivity contribution is 7.16. The van der Waals surface area contributed by atoms with Crippen LogP contribution in [0.25, 0.3) is 15.7 Å². The molecule has 0 aliphatic carbocycles. The van der Waals surface area contributed by atoms with Crippen molar-refractivity contribution < 1.29 is 4.74 Å². The lowest BCUT2D eigenvalue weighted by Crippen LogP contribution is -2.30. The Morgan fingerprint density at radius 1 is 0.963 bits per heavy atom. The summed E-state index contributed by atoms with van der Waals surface area (Å²) in [7, 11) is 0. The number of ether oxygens (including phenoxy) is 1. The summed E-state index contributed by atoms with van der Waals surface area (Å²) >= 11 is 1.54. The summed E-state index contributed by atoms with van der Waals surface area (Å²) in [5.74, 6) is 1.80. The van der Waals surface area contributed by atoms with Crippen LogP contribution < -0.4 is 4.74 Å². The molecule has 3 heterocycles. The molecule has 6 nitrogen and oxygen atoms in total. The van der Waals surface area contributed by atoms with Crippen molar-refractivity contribution in [3.63, 3.8) is 0 Å². The zero-order valence-corrected chi connectivity index (χ0v) is 15.9. The van der Waals surface area contributed by atoms with Crippen molar-refractivity contribution in [2.45, 2.75) is 32.4 Å². The minimum Gasteiger partial charge on any atom is -0.486 e. The molecule has 0 unspecified atom stereocenters. The van der Waals surface area contributed by atoms with Crippen LogP contribution in [0.2, 0.25) is 0 Å². The number of fused-ring (bicyclic) bond motifs is 2. The molecule has 7 heteroatoms. The molecular weight excluding hydrogens is 358 g/mol. The Bertz CT molecular complexity index is 1060. The van der Waals surface area contributed by atoms with Crippen molar-refractivity contribution in [2.75, 3.05) is 13.1 Å². The Hall–Kier alpha value is -2.51. The number of hydrogen-bond acceptors (Lipinski definition) is 6. The van der Waals surface area contributed by atoms with E-state index in [1.165, 1.54) is 36.0 Å². The molecule has 0 amide bonds. The fourth-order valence-corrected chi connectivity index (χ4v) is 4.40. The highest BCUT2D eigenvalue weighted by Gasteiger charge is 2.17. The Morgan fingerprint density at radius 2 is 1.81 bits per heavy atom. The third-order valence-electron chi connectivity index (χ3n) is 5.01. The molecule has 4 aromatic rings. The van der Waals surface area contributed by atoms with E-state index in [9.17, 15) is 0 Å². The van der Waals surface area contributed by atoms with Crippen LogP contribution >= 0.6 is 11.3 Å². The Morgan fingerprint density at radius 3 is 2.74 bits per heavy atom. The summed E-state index contributed by atoms with van der Waals surface area (Å²) in [6.45, 7) is 3.52. The second kappa shape index (κ2) is 7.25. The standard InChI is InChI=1S/C20H21N5OS/c1-4-11-24(12-5-1)13-18-21-22-20-25(18)23-19(27-20)14-26-17-10-6-8-15-7-2-3-9-16(15)17/h2-3,6-10H,1,4-5,11-14H2. The maximum absolute atomic E-state index is 6.07. The van der Waals surface area contributed by atoms with Gasteiger partial charge < -0.3 is 4.74 Å². The van der Waals surface area contributed by atoms with E-state index in [0.717, 1.165) is 46.6 Å². The van der Waals surface area contributed by atoms with Gasteiger partial charge >= 0.3 is 0 Å². The molecule has 1 saturated heterocycles. The smallest absolute Gasteiger partial charge is 0.234 e. The molecule has 0 spiro atoms. The molecule has 0 N–H and O–H groups in total. The minimum absolute atomic E-state index is 0.436. The van der Waals surface area contributed by atoms with Gasteiger partial charge in [0.1, 0.15) is 12.4 Å². The van der Waals surface area contributed by atoms with Crippen molar-refractivity contribution in [1.29, 1.82) is 0 Å². The summed E-state index contributed by atoms with van der Waals surface area (Å²) in [4.78, 5) is 3.27. The van der Waals surface area contributed by atoms with E-state index in [4.69, 9.17) is 9.84 Å². The average Bonchev–Trinajstić information content (AvgIpc) is 3.28. The van der Waals surface area contributed by atoms with Gasteiger partial charge in [-0.25, -0.2) is 0 Å². The first-order valence-corrected chi connectivity index (χ1v) is 10.2. The Labute approximate surface area is 161 Å². The second-order valence-corrected chi connectivity index (χ2v) is 7.95. The summed E-state index contributed by atoms with van der Waals surface area (Å²) in [6.07, 6.45) is 3.87.